The molecule has 5 rings (SSSR count). The van der Waals surface area contributed by atoms with Crippen molar-refractivity contribution in [2.45, 2.75) is 17.9 Å². The number of para-hydroxylation sites is 1. The Morgan fingerprint density at radius 1 is 1.29 bits per heavy atom. The first-order valence-corrected chi connectivity index (χ1v) is 11.0. The van der Waals surface area contributed by atoms with Crippen molar-refractivity contribution in [3.63, 3.8) is 0 Å². The number of fused-ring (bicyclic) bond motifs is 2. The summed E-state index contributed by atoms with van der Waals surface area (Å²) in [4.78, 5) is 33.2. The number of nitrogens with zero attached hydrogens (tertiary/aromatic N) is 2. The van der Waals surface area contributed by atoms with Crippen LogP contribution in [0, 0.1) is 0 Å². The molecule has 1 saturated heterocycles. The molecule has 2 atom stereocenters. The number of hydrogen-bond acceptors (Lipinski definition) is 6. The lowest BCUT2D eigenvalue weighted by molar-refractivity contribution is -0.121. The van der Waals surface area contributed by atoms with E-state index in [0.29, 0.717) is 29.5 Å². The first-order valence-electron chi connectivity index (χ1n) is 10.1. The molecule has 158 valence electrons. The predicted octanol–water partition coefficient (Wildman–Crippen LogP) is 3.67. The van der Waals surface area contributed by atoms with E-state index in [1.807, 2.05) is 48.5 Å². The number of amides is 2. The fourth-order valence-corrected chi connectivity index (χ4v) is 5.46. The fraction of sp³-hybridized carbons (Fsp3) is 0.261. The molecule has 2 amide bonds. The second-order valence-corrected chi connectivity index (χ2v) is 8.54. The lowest BCUT2D eigenvalue weighted by atomic mass is 9.72. The van der Waals surface area contributed by atoms with E-state index in [9.17, 15) is 9.59 Å². The molecule has 3 heterocycles. The Hall–Kier alpha value is -3.39. The molecular formula is C23H22N4O3S. The van der Waals surface area contributed by atoms with Gasteiger partial charge in [0.2, 0.25) is 5.91 Å². The first-order chi connectivity index (χ1) is 15.1. The van der Waals surface area contributed by atoms with E-state index in [1.165, 1.54) is 11.3 Å². The summed E-state index contributed by atoms with van der Waals surface area (Å²) >= 11 is 1.38. The van der Waals surface area contributed by atoms with Gasteiger partial charge in [-0.1, -0.05) is 30.3 Å². The number of nitrogens with one attached hydrogen (secondary N) is 2. The van der Waals surface area contributed by atoms with Crippen molar-refractivity contribution >= 4 is 34.0 Å². The predicted molar refractivity (Wildman–Crippen MR) is 120 cm³/mol. The fourth-order valence-electron chi connectivity index (χ4n) is 4.81. The summed E-state index contributed by atoms with van der Waals surface area (Å²) in [5.41, 5.74) is 2.12. The van der Waals surface area contributed by atoms with Crippen LogP contribution in [0.4, 0.5) is 10.8 Å². The highest BCUT2D eigenvalue weighted by Gasteiger charge is 2.59. The number of benzene rings is 2. The van der Waals surface area contributed by atoms with E-state index in [-0.39, 0.29) is 11.8 Å². The van der Waals surface area contributed by atoms with Crippen LogP contribution in [-0.2, 0) is 10.2 Å². The van der Waals surface area contributed by atoms with Crippen LogP contribution in [0.3, 0.4) is 0 Å². The summed E-state index contributed by atoms with van der Waals surface area (Å²) in [5, 5.41) is 8.45. The molecule has 1 spiro atoms. The molecule has 2 aliphatic rings. The summed E-state index contributed by atoms with van der Waals surface area (Å²) in [6, 6.07) is 14.9. The standard InChI is InChI=1S/C23H22N4O3S/c1-24-22-26-18(13-31-22)20(28)27-11-10-23(16-8-3-4-9-17(16)25-21(23)29)19(27)14-6-5-7-15(12-14)30-2/h3-9,12-13,19H,10-11H2,1-2H3,(H,24,26)(H,25,29). The third-order valence-corrected chi connectivity index (χ3v) is 7.05. The SMILES string of the molecule is CNc1nc(C(=O)N2CCC3(C(=O)Nc4ccccc43)C2c2cccc(OC)c2)cs1. The van der Waals surface area contributed by atoms with Gasteiger partial charge in [-0.2, -0.15) is 0 Å². The molecular weight excluding hydrogens is 412 g/mol. The number of aromatic nitrogens is 1. The minimum atomic E-state index is -0.861. The van der Waals surface area contributed by atoms with E-state index in [1.54, 1.807) is 24.4 Å². The number of thiazole rings is 1. The van der Waals surface area contributed by atoms with Crippen LogP contribution in [-0.4, -0.2) is 42.4 Å². The molecule has 0 saturated carbocycles. The minimum absolute atomic E-state index is 0.0778. The Balaban J connectivity index is 1.66. The van der Waals surface area contributed by atoms with Gasteiger partial charge in [0.25, 0.3) is 5.91 Å². The molecule has 0 aliphatic carbocycles. The lowest BCUT2D eigenvalue weighted by Gasteiger charge is -2.34. The number of carbonyl (C=O) groups excluding carboxylic acids is 2. The Kier molecular flexibility index (Phi) is 4.66. The number of methoxy groups -OCH3 is 1. The normalized spacial score (nSPS) is 21.8. The highest BCUT2D eigenvalue weighted by molar-refractivity contribution is 7.13. The maximum absolute atomic E-state index is 13.6. The average molecular weight is 435 g/mol. The van der Waals surface area contributed by atoms with Gasteiger partial charge < -0.3 is 20.3 Å². The monoisotopic (exact) mass is 434 g/mol. The van der Waals surface area contributed by atoms with Crippen LogP contribution in [0.25, 0.3) is 0 Å². The molecule has 2 unspecified atom stereocenters. The van der Waals surface area contributed by atoms with Gasteiger partial charge in [-0.25, -0.2) is 4.98 Å². The van der Waals surface area contributed by atoms with Gasteiger partial charge in [-0.05, 0) is 35.7 Å². The van der Waals surface area contributed by atoms with Gasteiger partial charge in [0.15, 0.2) is 5.13 Å². The van der Waals surface area contributed by atoms with Crippen LogP contribution in [0.15, 0.2) is 53.9 Å². The summed E-state index contributed by atoms with van der Waals surface area (Å²) in [7, 11) is 3.38. The van der Waals surface area contributed by atoms with Crippen LogP contribution < -0.4 is 15.4 Å². The topological polar surface area (TPSA) is 83.6 Å². The summed E-state index contributed by atoms with van der Waals surface area (Å²) < 4.78 is 5.44. The largest absolute Gasteiger partial charge is 0.497 e. The smallest absolute Gasteiger partial charge is 0.273 e. The second kappa shape index (κ2) is 7.39. The van der Waals surface area contributed by atoms with Crippen LogP contribution in [0.5, 0.6) is 5.75 Å². The molecule has 2 aliphatic heterocycles. The van der Waals surface area contributed by atoms with Crippen molar-refractivity contribution in [3.05, 3.63) is 70.7 Å². The highest BCUT2D eigenvalue weighted by atomic mass is 32.1. The Morgan fingerprint density at radius 2 is 2.13 bits per heavy atom. The Labute approximate surface area is 184 Å². The summed E-state index contributed by atoms with van der Waals surface area (Å²) in [6.07, 6.45) is 0.534. The molecule has 8 heteroatoms. The van der Waals surface area contributed by atoms with Crippen molar-refractivity contribution in [1.82, 2.24) is 9.88 Å². The molecule has 31 heavy (non-hydrogen) atoms. The molecule has 0 radical (unpaired) electrons. The maximum atomic E-state index is 13.6. The molecule has 3 aromatic rings. The van der Waals surface area contributed by atoms with Crippen LogP contribution in [0.2, 0.25) is 0 Å². The third-order valence-electron chi connectivity index (χ3n) is 6.19. The number of anilines is 2. The van der Waals surface area contributed by atoms with E-state index < -0.39 is 11.5 Å². The Bertz CT molecular complexity index is 1180. The molecule has 2 aromatic carbocycles. The number of carbonyl (C=O) groups is 2. The zero-order valence-corrected chi connectivity index (χ0v) is 18.0. The van der Waals surface area contributed by atoms with E-state index in [0.717, 1.165) is 16.8 Å². The van der Waals surface area contributed by atoms with E-state index >= 15 is 0 Å². The van der Waals surface area contributed by atoms with Gasteiger partial charge in [-0.3, -0.25) is 9.59 Å². The molecule has 2 N–H and O–H groups in total. The lowest BCUT2D eigenvalue weighted by Crippen LogP contribution is -2.42. The quantitative estimate of drug-likeness (QED) is 0.655. The summed E-state index contributed by atoms with van der Waals surface area (Å²) in [6.45, 7) is 0.453. The van der Waals surface area contributed by atoms with E-state index in [2.05, 4.69) is 15.6 Å². The van der Waals surface area contributed by atoms with Crippen LogP contribution in [0.1, 0.15) is 34.1 Å². The molecule has 1 fully saturated rings. The average Bonchev–Trinajstić information content (AvgIpc) is 3.51. The number of hydrogen-bond donors (Lipinski definition) is 2. The zero-order chi connectivity index (χ0) is 21.6. The number of likely N-dealkylation sites (tertiary alicyclic amines) is 1. The van der Waals surface area contributed by atoms with Gasteiger partial charge in [-0.15, -0.1) is 11.3 Å². The summed E-state index contributed by atoms with van der Waals surface area (Å²) in [5.74, 6) is 0.426. The second-order valence-electron chi connectivity index (χ2n) is 7.69. The first kappa shape index (κ1) is 19.6. The van der Waals surface area contributed by atoms with Crippen molar-refractivity contribution in [2.24, 2.45) is 0 Å². The number of ether oxygens (including phenoxy) is 1. The van der Waals surface area contributed by atoms with Crippen molar-refractivity contribution in [2.75, 3.05) is 31.3 Å². The Morgan fingerprint density at radius 3 is 2.90 bits per heavy atom. The maximum Gasteiger partial charge on any atom is 0.273 e. The van der Waals surface area contributed by atoms with Gasteiger partial charge in [0, 0.05) is 24.7 Å². The van der Waals surface area contributed by atoms with Gasteiger partial charge >= 0.3 is 0 Å². The molecule has 1 aromatic heterocycles. The molecule has 7 nitrogen and oxygen atoms in total. The van der Waals surface area contributed by atoms with Crippen molar-refractivity contribution < 1.29 is 14.3 Å². The van der Waals surface area contributed by atoms with Gasteiger partial charge in [0.05, 0.1) is 13.2 Å². The number of rotatable bonds is 4. The van der Waals surface area contributed by atoms with E-state index in [4.69, 9.17) is 4.74 Å². The zero-order valence-electron chi connectivity index (χ0n) is 17.2. The van der Waals surface area contributed by atoms with Crippen LogP contribution >= 0.6 is 11.3 Å². The molecule has 0 bridgehead atoms. The van der Waals surface area contributed by atoms with Gasteiger partial charge in [0.1, 0.15) is 16.9 Å². The third kappa shape index (κ3) is 2.90. The van der Waals surface area contributed by atoms with Crippen molar-refractivity contribution in [1.29, 1.82) is 0 Å². The minimum Gasteiger partial charge on any atom is -0.497 e. The van der Waals surface area contributed by atoms with Crippen molar-refractivity contribution in [3.8, 4) is 5.75 Å². The highest BCUT2D eigenvalue weighted by Crippen LogP contribution is 2.55.